The van der Waals surface area contributed by atoms with Crippen molar-refractivity contribution in [2.24, 2.45) is 10.8 Å². The lowest BCUT2D eigenvalue weighted by molar-refractivity contribution is 0.0993. The van der Waals surface area contributed by atoms with Crippen LogP contribution in [-0.2, 0) is 6.42 Å². The Balaban J connectivity index is 1.93. The minimum Gasteiger partial charge on any atom is -0.495 e. The Kier molecular flexibility index (Phi) is 5.36. The summed E-state index contributed by atoms with van der Waals surface area (Å²) in [6, 6.07) is 4.18. The summed E-state index contributed by atoms with van der Waals surface area (Å²) < 4.78 is 11.0. The third-order valence-corrected chi connectivity index (χ3v) is 4.48. The topological polar surface area (TPSA) is 119 Å². The highest BCUT2D eigenvalue weighted by Gasteiger charge is 2.28. The third-order valence-electron chi connectivity index (χ3n) is 4.24. The highest BCUT2D eigenvalue weighted by atomic mass is 35.5. The molecule has 0 saturated carbocycles. The summed E-state index contributed by atoms with van der Waals surface area (Å²) in [5.74, 6) is 0.891. The van der Waals surface area contributed by atoms with Gasteiger partial charge in [0.1, 0.15) is 11.5 Å². The minimum absolute atomic E-state index is 0.177. The van der Waals surface area contributed by atoms with E-state index < -0.39 is 11.9 Å². The smallest absolute Gasteiger partial charge is 0.332 e. The summed E-state index contributed by atoms with van der Waals surface area (Å²) in [5.41, 5.74) is 9.77. The fourth-order valence-electron chi connectivity index (χ4n) is 3.08. The maximum atomic E-state index is 12.8. The van der Waals surface area contributed by atoms with Crippen molar-refractivity contribution >= 4 is 34.9 Å². The Morgan fingerprint density at radius 1 is 1.33 bits per heavy atom. The molecule has 0 atom stereocenters. The normalized spacial score (nSPS) is 14.6. The van der Waals surface area contributed by atoms with Crippen molar-refractivity contribution in [1.82, 2.24) is 5.43 Å². The molecule has 27 heavy (non-hydrogen) atoms. The highest BCUT2D eigenvalue weighted by Crippen LogP contribution is 2.32. The molecule has 0 radical (unpaired) electrons. The van der Waals surface area contributed by atoms with E-state index >= 15 is 0 Å². The van der Waals surface area contributed by atoms with Crippen LogP contribution in [0.25, 0.3) is 0 Å². The molecule has 1 aliphatic carbocycles. The van der Waals surface area contributed by atoms with Gasteiger partial charge in [-0.15, -0.1) is 0 Å². The van der Waals surface area contributed by atoms with Gasteiger partial charge in [0, 0.05) is 22.6 Å². The van der Waals surface area contributed by atoms with Crippen molar-refractivity contribution in [3.05, 3.63) is 45.9 Å². The van der Waals surface area contributed by atoms with Crippen molar-refractivity contribution in [3.8, 4) is 5.75 Å². The van der Waals surface area contributed by atoms with Gasteiger partial charge >= 0.3 is 6.03 Å². The number of ether oxygens (including phenoxy) is 1. The monoisotopic (exact) mass is 390 g/mol. The first-order chi connectivity index (χ1) is 12.9. The number of amides is 3. The summed E-state index contributed by atoms with van der Waals surface area (Å²) in [4.78, 5) is 23.7. The van der Waals surface area contributed by atoms with Crippen LogP contribution in [0, 0.1) is 6.92 Å². The van der Waals surface area contributed by atoms with Gasteiger partial charge in [-0.2, -0.15) is 5.10 Å². The molecule has 1 aliphatic rings. The van der Waals surface area contributed by atoms with Crippen molar-refractivity contribution in [1.29, 1.82) is 0 Å². The number of nitrogens with two attached hydrogens (primary N) is 1. The summed E-state index contributed by atoms with van der Waals surface area (Å²) in [6.45, 7) is 1.78. The molecule has 3 rings (SSSR count). The van der Waals surface area contributed by atoms with Crippen molar-refractivity contribution < 1.29 is 18.7 Å². The van der Waals surface area contributed by atoms with Gasteiger partial charge < -0.3 is 20.2 Å². The van der Waals surface area contributed by atoms with Crippen LogP contribution in [0.2, 0.25) is 5.02 Å². The largest absolute Gasteiger partial charge is 0.495 e. The Morgan fingerprint density at radius 3 is 2.81 bits per heavy atom. The van der Waals surface area contributed by atoms with E-state index in [1.54, 1.807) is 25.1 Å². The van der Waals surface area contributed by atoms with E-state index in [2.05, 4.69) is 15.8 Å². The van der Waals surface area contributed by atoms with Crippen molar-refractivity contribution in [2.45, 2.75) is 26.2 Å². The van der Waals surface area contributed by atoms with E-state index in [-0.39, 0.29) is 5.76 Å². The number of hydrogen-bond donors (Lipinski definition) is 3. The number of hydrazone groups is 1. The van der Waals surface area contributed by atoms with E-state index in [0.29, 0.717) is 46.3 Å². The van der Waals surface area contributed by atoms with Crippen LogP contribution in [0.3, 0.4) is 0 Å². The van der Waals surface area contributed by atoms with E-state index in [0.717, 1.165) is 12.0 Å². The number of benzene rings is 1. The number of fused-ring (bicyclic) bond motifs is 1. The molecule has 1 aromatic carbocycles. The van der Waals surface area contributed by atoms with Gasteiger partial charge in [-0.25, -0.2) is 10.2 Å². The fourth-order valence-corrected chi connectivity index (χ4v) is 3.25. The second-order valence-corrected chi connectivity index (χ2v) is 6.48. The number of methoxy groups -OCH3 is 1. The lowest BCUT2D eigenvalue weighted by Gasteiger charge is -2.13. The first-order valence-corrected chi connectivity index (χ1v) is 8.68. The third kappa shape index (κ3) is 3.90. The molecule has 0 fully saturated rings. The molecule has 8 nitrogen and oxygen atoms in total. The molecular formula is C18H19ClN4O4. The van der Waals surface area contributed by atoms with Crippen molar-refractivity contribution in [3.63, 3.8) is 0 Å². The van der Waals surface area contributed by atoms with E-state index in [1.165, 1.54) is 7.11 Å². The van der Waals surface area contributed by atoms with E-state index in [1.807, 2.05) is 0 Å². The predicted molar refractivity (Wildman–Crippen MR) is 102 cm³/mol. The summed E-state index contributed by atoms with van der Waals surface area (Å²) >= 11 is 6.01. The Bertz CT molecular complexity index is 936. The lowest BCUT2D eigenvalue weighted by atomic mass is 9.93. The molecule has 0 unspecified atom stereocenters. The van der Waals surface area contributed by atoms with Crippen LogP contribution in [0.15, 0.2) is 27.7 Å². The summed E-state index contributed by atoms with van der Waals surface area (Å²) in [6.07, 6.45) is 2.12. The Labute approximate surface area is 160 Å². The molecule has 3 amide bonds. The number of rotatable bonds is 4. The Morgan fingerprint density at radius 2 is 2.11 bits per heavy atom. The number of urea groups is 1. The number of primary amides is 1. The predicted octanol–water partition coefficient (Wildman–Crippen LogP) is 3.21. The first-order valence-electron chi connectivity index (χ1n) is 8.30. The number of hydrogen-bond acceptors (Lipinski definition) is 5. The Hall–Kier alpha value is -3.00. The molecule has 142 valence electrons. The molecule has 9 heteroatoms. The van der Waals surface area contributed by atoms with Crippen LogP contribution in [-0.4, -0.2) is 24.8 Å². The van der Waals surface area contributed by atoms with Crippen LogP contribution in [0.1, 0.15) is 40.3 Å². The van der Waals surface area contributed by atoms with Crippen molar-refractivity contribution in [2.75, 3.05) is 12.4 Å². The van der Waals surface area contributed by atoms with Gasteiger partial charge in [0.15, 0.2) is 5.76 Å². The maximum absolute atomic E-state index is 12.8. The zero-order valence-electron chi connectivity index (χ0n) is 14.9. The average molecular weight is 391 g/mol. The van der Waals surface area contributed by atoms with Gasteiger partial charge in [-0.3, -0.25) is 4.79 Å². The lowest BCUT2D eigenvalue weighted by Crippen LogP contribution is -2.27. The van der Waals surface area contributed by atoms with Gasteiger partial charge in [0.05, 0.1) is 18.5 Å². The van der Waals surface area contributed by atoms with Crippen LogP contribution in [0.4, 0.5) is 10.5 Å². The SMILES string of the molecule is COc1ccc(Cl)cc1NC(=O)c1oc2c(c1C)/C(=N/NC(N)=O)CCC2. The number of anilines is 1. The van der Waals surface area contributed by atoms with Crippen LogP contribution >= 0.6 is 11.6 Å². The molecule has 2 aromatic rings. The summed E-state index contributed by atoms with van der Waals surface area (Å²) in [5, 5.41) is 7.27. The summed E-state index contributed by atoms with van der Waals surface area (Å²) in [7, 11) is 1.50. The van der Waals surface area contributed by atoms with E-state index in [9.17, 15) is 9.59 Å². The fraction of sp³-hybridized carbons (Fsp3) is 0.278. The standard InChI is InChI=1S/C18H19ClN4O4/c1-9-15-11(22-23-18(20)25)4-3-5-14(15)27-16(9)17(24)21-12-8-10(19)6-7-13(12)26-2/h6-8H,3-5H2,1-2H3,(H,21,24)(H3,20,23,25)/b22-11+. The zero-order valence-corrected chi connectivity index (χ0v) is 15.6. The molecule has 0 spiro atoms. The van der Waals surface area contributed by atoms with Gasteiger partial charge in [-0.05, 0) is 38.0 Å². The van der Waals surface area contributed by atoms with Gasteiger partial charge in [-0.1, -0.05) is 11.6 Å². The number of furan rings is 1. The molecular weight excluding hydrogens is 372 g/mol. The molecule has 0 saturated heterocycles. The molecule has 0 aliphatic heterocycles. The second-order valence-electron chi connectivity index (χ2n) is 6.04. The van der Waals surface area contributed by atoms with E-state index in [4.69, 9.17) is 26.5 Å². The number of carbonyl (C=O) groups excluding carboxylic acids is 2. The minimum atomic E-state index is -0.748. The van der Waals surface area contributed by atoms with Crippen LogP contribution < -0.4 is 21.2 Å². The number of aryl methyl sites for hydroxylation is 1. The molecule has 1 aromatic heterocycles. The highest BCUT2D eigenvalue weighted by molar-refractivity contribution is 6.31. The molecule has 0 bridgehead atoms. The van der Waals surface area contributed by atoms with Crippen LogP contribution in [0.5, 0.6) is 5.75 Å². The van der Waals surface area contributed by atoms with Gasteiger partial charge in [0.2, 0.25) is 0 Å². The van der Waals surface area contributed by atoms with Gasteiger partial charge in [0.25, 0.3) is 5.91 Å². The zero-order chi connectivity index (χ0) is 19.6. The first kappa shape index (κ1) is 18.8. The average Bonchev–Trinajstić information content (AvgIpc) is 2.98. The maximum Gasteiger partial charge on any atom is 0.332 e. The molecule has 4 N–H and O–H groups in total. The molecule has 1 heterocycles. The quantitative estimate of drug-likeness (QED) is 0.694. The number of carbonyl (C=O) groups is 2. The number of halogens is 1. The number of nitrogens with zero attached hydrogens (tertiary/aromatic N) is 1. The second kappa shape index (κ2) is 7.71. The number of nitrogens with one attached hydrogen (secondary N) is 2.